The molecule has 1 aromatic heterocycles. The summed E-state index contributed by atoms with van der Waals surface area (Å²) >= 11 is 0. The Hall–Kier alpha value is -2.45. The third-order valence-electron chi connectivity index (χ3n) is 5.15. The summed E-state index contributed by atoms with van der Waals surface area (Å²) in [6.45, 7) is 9.58. The van der Waals surface area contributed by atoms with Crippen molar-refractivity contribution in [1.29, 1.82) is 0 Å². The molecule has 3 rings (SSSR count). The van der Waals surface area contributed by atoms with Gasteiger partial charge in [-0.2, -0.15) is 0 Å². The second-order valence-corrected chi connectivity index (χ2v) is 8.64. The number of nitrogens with one attached hydrogen (secondary N) is 1. The third-order valence-corrected chi connectivity index (χ3v) is 5.15. The van der Waals surface area contributed by atoms with E-state index in [0.29, 0.717) is 18.9 Å². The molecule has 0 aromatic carbocycles. The number of ether oxygens (including phenoxy) is 1. The van der Waals surface area contributed by atoms with Crippen LogP contribution in [0, 0.1) is 0 Å². The van der Waals surface area contributed by atoms with Crippen molar-refractivity contribution in [3.05, 3.63) is 36.2 Å². The summed E-state index contributed by atoms with van der Waals surface area (Å²) in [5.74, 6) is 1.54. The Labute approximate surface area is 186 Å². The van der Waals surface area contributed by atoms with Gasteiger partial charge in [-0.3, -0.25) is 4.79 Å². The first-order valence-corrected chi connectivity index (χ1v) is 10.9. The van der Waals surface area contributed by atoms with Crippen LogP contribution in [0.2, 0.25) is 0 Å². The lowest BCUT2D eigenvalue weighted by Crippen LogP contribution is -2.30. The highest BCUT2D eigenvalue weighted by Gasteiger charge is 2.16. The number of anilines is 2. The van der Waals surface area contributed by atoms with Gasteiger partial charge in [-0.1, -0.05) is 18.2 Å². The standard InChI is InChI=1S/C18H25N5O2.C5H12O/c24-14-22-7-4-8-23(10-9-22)18-11-17(20-13-21-18)19-12-16(25)15-5-2-1-3-6-15;1-5(2,3)6-4/h2,5-6,11,13-14,16,25H,1,3-4,7-10,12H2,(H,19,20,21);1-4H3/t16-;/m0./s1. The molecule has 8 nitrogen and oxygen atoms in total. The molecule has 1 fully saturated rings. The highest BCUT2D eigenvalue weighted by molar-refractivity contribution is 5.50. The summed E-state index contributed by atoms with van der Waals surface area (Å²) in [6, 6.07) is 1.90. The molecule has 0 bridgehead atoms. The van der Waals surface area contributed by atoms with Crippen molar-refractivity contribution in [1.82, 2.24) is 14.9 Å². The molecule has 1 amide bonds. The van der Waals surface area contributed by atoms with Gasteiger partial charge >= 0.3 is 0 Å². The lowest BCUT2D eigenvalue weighted by molar-refractivity contribution is -0.117. The van der Waals surface area contributed by atoms with Gasteiger partial charge in [0.25, 0.3) is 0 Å². The first-order chi connectivity index (χ1) is 14.8. The molecular formula is C23H37N5O3. The Kier molecular flexibility index (Phi) is 9.94. The van der Waals surface area contributed by atoms with Crippen LogP contribution in [0.4, 0.5) is 11.6 Å². The number of aliphatic hydroxyl groups excluding tert-OH is 1. The van der Waals surface area contributed by atoms with Gasteiger partial charge in [-0.15, -0.1) is 0 Å². The molecule has 2 heterocycles. The summed E-state index contributed by atoms with van der Waals surface area (Å²) in [5.41, 5.74) is 0.995. The Morgan fingerprint density at radius 1 is 1.23 bits per heavy atom. The van der Waals surface area contributed by atoms with Crippen LogP contribution in [-0.2, 0) is 9.53 Å². The maximum atomic E-state index is 10.9. The van der Waals surface area contributed by atoms with Crippen LogP contribution < -0.4 is 10.2 Å². The number of allylic oxidation sites excluding steroid dienone is 2. The molecule has 172 valence electrons. The van der Waals surface area contributed by atoms with Gasteiger partial charge in [0.2, 0.25) is 6.41 Å². The van der Waals surface area contributed by atoms with Crippen LogP contribution in [0.3, 0.4) is 0 Å². The van der Waals surface area contributed by atoms with E-state index in [-0.39, 0.29) is 5.60 Å². The van der Waals surface area contributed by atoms with Crippen LogP contribution in [0.5, 0.6) is 0 Å². The maximum absolute atomic E-state index is 10.9. The monoisotopic (exact) mass is 431 g/mol. The number of aliphatic hydroxyl groups is 1. The van der Waals surface area contributed by atoms with E-state index in [9.17, 15) is 9.90 Å². The maximum Gasteiger partial charge on any atom is 0.209 e. The second-order valence-electron chi connectivity index (χ2n) is 8.64. The molecular weight excluding hydrogens is 394 g/mol. The molecule has 1 aliphatic carbocycles. The minimum atomic E-state index is -0.547. The van der Waals surface area contributed by atoms with E-state index in [4.69, 9.17) is 4.74 Å². The molecule has 2 aliphatic rings. The van der Waals surface area contributed by atoms with E-state index in [1.807, 2.05) is 32.9 Å². The fourth-order valence-electron chi connectivity index (χ4n) is 3.09. The number of amides is 1. The van der Waals surface area contributed by atoms with E-state index in [0.717, 1.165) is 56.7 Å². The Bertz CT molecular complexity index is 745. The second kappa shape index (κ2) is 12.4. The van der Waals surface area contributed by atoms with Gasteiger partial charge < -0.3 is 25.0 Å². The molecule has 0 saturated carbocycles. The summed E-state index contributed by atoms with van der Waals surface area (Å²) in [6.07, 6.45) is 11.0. The third kappa shape index (κ3) is 9.06. The number of hydrogen-bond acceptors (Lipinski definition) is 7. The molecule has 0 spiro atoms. The first kappa shape index (κ1) is 24.8. The van der Waals surface area contributed by atoms with E-state index >= 15 is 0 Å². The topological polar surface area (TPSA) is 90.8 Å². The number of aromatic nitrogens is 2. The molecule has 1 aliphatic heterocycles. The molecule has 1 saturated heterocycles. The lowest BCUT2D eigenvalue weighted by atomic mass is 10.0. The quantitative estimate of drug-likeness (QED) is 0.669. The van der Waals surface area contributed by atoms with Gasteiger partial charge in [0, 0.05) is 45.9 Å². The SMILES string of the molecule is COC(C)(C)C.O=CN1CCCN(c2cc(NC[C@H](O)C3=CCCC=C3)ncn2)CC1. The lowest BCUT2D eigenvalue weighted by Gasteiger charge is -2.22. The minimum absolute atomic E-state index is 0.0417. The average molecular weight is 432 g/mol. The Balaban J connectivity index is 0.000000501. The van der Waals surface area contributed by atoms with Crippen molar-refractivity contribution in [3.63, 3.8) is 0 Å². The number of methoxy groups -OCH3 is 1. The van der Waals surface area contributed by atoms with Gasteiger partial charge in [-0.25, -0.2) is 9.97 Å². The predicted molar refractivity (Wildman–Crippen MR) is 124 cm³/mol. The van der Waals surface area contributed by atoms with Crippen LogP contribution in [0.25, 0.3) is 0 Å². The van der Waals surface area contributed by atoms with E-state index in [1.54, 1.807) is 12.0 Å². The number of nitrogens with zero attached hydrogens (tertiary/aromatic N) is 4. The molecule has 2 N–H and O–H groups in total. The largest absolute Gasteiger partial charge is 0.387 e. The van der Waals surface area contributed by atoms with E-state index in [2.05, 4.69) is 32.3 Å². The molecule has 8 heteroatoms. The number of rotatable bonds is 6. The highest BCUT2D eigenvalue weighted by atomic mass is 16.5. The van der Waals surface area contributed by atoms with Crippen molar-refractivity contribution in [3.8, 4) is 0 Å². The molecule has 0 radical (unpaired) electrons. The number of carbonyl (C=O) groups excluding carboxylic acids is 1. The van der Waals surface area contributed by atoms with Crippen LogP contribution >= 0.6 is 0 Å². The Morgan fingerprint density at radius 3 is 2.65 bits per heavy atom. The van der Waals surface area contributed by atoms with Gasteiger partial charge in [0.05, 0.1) is 11.7 Å². The molecule has 31 heavy (non-hydrogen) atoms. The van der Waals surface area contributed by atoms with Gasteiger partial charge in [-0.05, 0) is 45.6 Å². The average Bonchev–Trinajstić information content (AvgIpc) is 3.04. The normalized spacial score (nSPS) is 17.8. The Morgan fingerprint density at radius 2 is 2.00 bits per heavy atom. The van der Waals surface area contributed by atoms with Crippen molar-refractivity contribution in [2.24, 2.45) is 0 Å². The smallest absolute Gasteiger partial charge is 0.209 e. The minimum Gasteiger partial charge on any atom is -0.387 e. The zero-order chi connectivity index (χ0) is 22.7. The zero-order valence-corrected chi connectivity index (χ0v) is 19.3. The van der Waals surface area contributed by atoms with Crippen LogP contribution in [0.15, 0.2) is 36.2 Å². The van der Waals surface area contributed by atoms with E-state index < -0.39 is 6.10 Å². The zero-order valence-electron chi connectivity index (χ0n) is 19.3. The van der Waals surface area contributed by atoms with Crippen LogP contribution in [-0.4, -0.2) is 77.9 Å². The molecule has 1 atom stereocenters. The molecule has 0 unspecified atom stereocenters. The predicted octanol–water partition coefficient (Wildman–Crippen LogP) is 2.63. The van der Waals surface area contributed by atoms with Gasteiger partial charge in [0.15, 0.2) is 0 Å². The fourth-order valence-corrected chi connectivity index (χ4v) is 3.09. The van der Waals surface area contributed by atoms with Gasteiger partial charge in [0.1, 0.15) is 18.0 Å². The molecule has 1 aromatic rings. The summed E-state index contributed by atoms with van der Waals surface area (Å²) in [7, 11) is 1.71. The highest BCUT2D eigenvalue weighted by Crippen LogP contribution is 2.18. The van der Waals surface area contributed by atoms with E-state index in [1.165, 1.54) is 6.33 Å². The van der Waals surface area contributed by atoms with Crippen LogP contribution in [0.1, 0.15) is 40.0 Å². The summed E-state index contributed by atoms with van der Waals surface area (Å²) in [5, 5.41) is 13.5. The first-order valence-electron chi connectivity index (χ1n) is 10.9. The van der Waals surface area contributed by atoms with Crippen molar-refractivity contribution in [2.75, 3.05) is 50.1 Å². The van der Waals surface area contributed by atoms with Crippen molar-refractivity contribution >= 4 is 18.0 Å². The van der Waals surface area contributed by atoms with Crippen molar-refractivity contribution in [2.45, 2.75) is 51.7 Å². The number of hydrogen-bond donors (Lipinski definition) is 2. The fraction of sp³-hybridized carbons (Fsp3) is 0.609. The number of carbonyl (C=O) groups is 1. The summed E-state index contributed by atoms with van der Waals surface area (Å²) in [4.78, 5) is 23.5. The summed E-state index contributed by atoms with van der Waals surface area (Å²) < 4.78 is 4.94. The van der Waals surface area contributed by atoms with Crippen molar-refractivity contribution < 1.29 is 14.6 Å².